The molecule has 1 saturated heterocycles. The number of hydrogen-bond donors (Lipinski definition) is 0. The van der Waals surface area contributed by atoms with Crippen molar-refractivity contribution in [1.29, 1.82) is 0 Å². The average molecular weight is 232 g/mol. The van der Waals surface area contributed by atoms with Crippen LogP contribution in [0, 0.1) is 5.82 Å². The number of hydrogen-bond acceptors (Lipinski definition) is 4. The predicted molar refractivity (Wildman–Crippen MR) is 63.4 cm³/mol. The van der Waals surface area contributed by atoms with Crippen LogP contribution in [0.1, 0.15) is 19.3 Å². The normalized spacial score (nSPS) is 16.4. The summed E-state index contributed by atoms with van der Waals surface area (Å²) in [7, 11) is 0. The van der Waals surface area contributed by atoms with Gasteiger partial charge in [0.05, 0.1) is 11.6 Å². The van der Waals surface area contributed by atoms with Crippen molar-refractivity contribution < 1.29 is 4.39 Å². The van der Waals surface area contributed by atoms with Gasteiger partial charge in [0.1, 0.15) is 17.7 Å². The first-order chi connectivity index (χ1) is 8.36. The molecule has 0 bridgehead atoms. The molecule has 88 valence electrons. The molecular formula is C12H13FN4. The number of piperidine rings is 1. The zero-order chi connectivity index (χ0) is 11.7. The second-order valence-corrected chi connectivity index (χ2v) is 4.26. The number of pyridine rings is 1. The van der Waals surface area contributed by atoms with E-state index in [-0.39, 0.29) is 5.82 Å². The second-order valence-electron chi connectivity index (χ2n) is 4.26. The molecule has 4 nitrogen and oxygen atoms in total. The van der Waals surface area contributed by atoms with Gasteiger partial charge in [-0.1, -0.05) is 0 Å². The summed E-state index contributed by atoms with van der Waals surface area (Å²) in [6.45, 7) is 1.95. The fourth-order valence-corrected chi connectivity index (χ4v) is 2.29. The van der Waals surface area contributed by atoms with Crippen LogP contribution >= 0.6 is 0 Å². The molecule has 0 spiro atoms. The van der Waals surface area contributed by atoms with Crippen LogP contribution in [0.3, 0.4) is 0 Å². The summed E-state index contributed by atoms with van der Waals surface area (Å²) in [6, 6.07) is 0. The molecule has 0 amide bonds. The van der Waals surface area contributed by atoms with Crippen molar-refractivity contribution >= 4 is 16.7 Å². The van der Waals surface area contributed by atoms with Gasteiger partial charge >= 0.3 is 0 Å². The SMILES string of the molecule is Fc1cncc2c(N3CCCCC3)ncnc12. The molecule has 0 unspecified atom stereocenters. The number of anilines is 1. The van der Waals surface area contributed by atoms with Crippen LogP contribution in [0.4, 0.5) is 10.2 Å². The van der Waals surface area contributed by atoms with Crippen LogP contribution in [0.25, 0.3) is 10.9 Å². The number of nitrogens with zero attached hydrogens (tertiary/aromatic N) is 4. The van der Waals surface area contributed by atoms with E-state index in [4.69, 9.17) is 0 Å². The van der Waals surface area contributed by atoms with E-state index in [0.29, 0.717) is 10.9 Å². The summed E-state index contributed by atoms with van der Waals surface area (Å²) in [5.41, 5.74) is 0.357. The quantitative estimate of drug-likeness (QED) is 0.755. The maximum Gasteiger partial charge on any atom is 0.167 e. The predicted octanol–water partition coefficient (Wildman–Crippen LogP) is 2.15. The van der Waals surface area contributed by atoms with Crippen LogP contribution in [-0.4, -0.2) is 28.0 Å². The number of rotatable bonds is 1. The molecule has 2 aromatic heterocycles. The Balaban J connectivity index is 2.12. The summed E-state index contributed by atoms with van der Waals surface area (Å²) in [4.78, 5) is 14.3. The van der Waals surface area contributed by atoms with E-state index < -0.39 is 0 Å². The third-order valence-electron chi connectivity index (χ3n) is 3.14. The molecule has 3 rings (SSSR count). The van der Waals surface area contributed by atoms with Gasteiger partial charge in [0.15, 0.2) is 5.82 Å². The summed E-state index contributed by atoms with van der Waals surface area (Å²) in [5, 5.41) is 0.703. The Morgan fingerprint density at radius 2 is 1.88 bits per heavy atom. The van der Waals surface area contributed by atoms with Crippen LogP contribution in [-0.2, 0) is 0 Å². The molecule has 0 radical (unpaired) electrons. The van der Waals surface area contributed by atoms with Crippen molar-refractivity contribution in [2.24, 2.45) is 0 Å². The number of fused-ring (bicyclic) bond motifs is 1. The molecule has 1 fully saturated rings. The van der Waals surface area contributed by atoms with Crippen LogP contribution in [0.5, 0.6) is 0 Å². The van der Waals surface area contributed by atoms with E-state index in [1.807, 2.05) is 0 Å². The monoisotopic (exact) mass is 232 g/mol. The van der Waals surface area contributed by atoms with E-state index in [1.54, 1.807) is 6.20 Å². The Morgan fingerprint density at radius 3 is 2.71 bits per heavy atom. The lowest BCUT2D eigenvalue weighted by Gasteiger charge is -2.28. The molecule has 1 aliphatic rings. The Bertz CT molecular complexity index is 537. The molecule has 0 aromatic carbocycles. The average Bonchev–Trinajstić information content (AvgIpc) is 2.40. The van der Waals surface area contributed by atoms with Crippen molar-refractivity contribution in [3.05, 3.63) is 24.5 Å². The van der Waals surface area contributed by atoms with Gasteiger partial charge in [-0.3, -0.25) is 4.98 Å². The van der Waals surface area contributed by atoms with Crippen LogP contribution < -0.4 is 4.90 Å². The lowest BCUT2D eigenvalue weighted by Crippen LogP contribution is -2.30. The maximum absolute atomic E-state index is 13.6. The number of aromatic nitrogens is 3. The molecule has 1 aliphatic heterocycles. The van der Waals surface area contributed by atoms with Crippen molar-refractivity contribution in [3.8, 4) is 0 Å². The molecular weight excluding hydrogens is 219 g/mol. The first-order valence-corrected chi connectivity index (χ1v) is 5.85. The second kappa shape index (κ2) is 4.24. The lowest BCUT2D eigenvalue weighted by atomic mass is 10.1. The largest absolute Gasteiger partial charge is 0.356 e. The fraction of sp³-hybridized carbons (Fsp3) is 0.417. The minimum absolute atomic E-state index is 0.357. The molecule has 0 saturated carbocycles. The van der Waals surface area contributed by atoms with Gasteiger partial charge in [-0.25, -0.2) is 14.4 Å². The van der Waals surface area contributed by atoms with E-state index in [9.17, 15) is 4.39 Å². The Labute approximate surface area is 98.5 Å². The first-order valence-electron chi connectivity index (χ1n) is 5.85. The standard InChI is InChI=1S/C12H13FN4/c13-10-7-14-6-9-11(10)15-8-16-12(9)17-4-2-1-3-5-17/h6-8H,1-5H2. The molecule has 17 heavy (non-hydrogen) atoms. The minimum atomic E-state index is -0.386. The molecule has 0 atom stereocenters. The van der Waals surface area contributed by atoms with Crippen molar-refractivity contribution in [2.75, 3.05) is 18.0 Å². The zero-order valence-electron chi connectivity index (χ0n) is 9.43. The smallest absolute Gasteiger partial charge is 0.167 e. The van der Waals surface area contributed by atoms with E-state index in [1.165, 1.54) is 18.9 Å². The Morgan fingerprint density at radius 1 is 1.06 bits per heavy atom. The first kappa shape index (κ1) is 10.4. The summed E-state index contributed by atoms with van der Waals surface area (Å²) >= 11 is 0. The number of halogens is 1. The van der Waals surface area contributed by atoms with Gasteiger partial charge < -0.3 is 4.90 Å². The molecule has 0 aliphatic carbocycles. The summed E-state index contributed by atoms with van der Waals surface area (Å²) in [6.07, 6.45) is 7.83. The Kier molecular flexibility index (Phi) is 2.59. The van der Waals surface area contributed by atoms with Gasteiger partial charge in [0.25, 0.3) is 0 Å². The van der Waals surface area contributed by atoms with E-state index in [2.05, 4.69) is 19.9 Å². The molecule has 5 heteroatoms. The summed E-state index contributed by atoms with van der Waals surface area (Å²) in [5.74, 6) is 0.421. The molecule has 0 N–H and O–H groups in total. The van der Waals surface area contributed by atoms with Crippen molar-refractivity contribution in [3.63, 3.8) is 0 Å². The third kappa shape index (κ3) is 1.81. The van der Waals surface area contributed by atoms with Gasteiger partial charge in [0, 0.05) is 19.3 Å². The molecule has 3 heterocycles. The van der Waals surface area contributed by atoms with E-state index >= 15 is 0 Å². The van der Waals surface area contributed by atoms with Crippen molar-refractivity contribution in [1.82, 2.24) is 15.0 Å². The van der Waals surface area contributed by atoms with E-state index in [0.717, 1.165) is 31.7 Å². The highest BCUT2D eigenvalue weighted by Gasteiger charge is 2.16. The van der Waals surface area contributed by atoms with Crippen molar-refractivity contribution in [2.45, 2.75) is 19.3 Å². The van der Waals surface area contributed by atoms with Gasteiger partial charge in [0.2, 0.25) is 0 Å². The maximum atomic E-state index is 13.6. The van der Waals surface area contributed by atoms with Gasteiger partial charge in [-0.05, 0) is 19.3 Å². The Hall–Kier alpha value is -1.78. The van der Waals surface area contributed by atoms with Crippen LogP contribution in [0.15, 0.2) is 18.7 Å². The highest BCUT2D eigenvalue weighted by Crippen LogP contribution is 2.25. The topological polar surface area (TPSA) is 41.9 Å². The van der Waals surface area contributed by atoms with Gasteiger partial charge in [-0.2, -0.15) is 0 Å². The van der Waals surface area contributed by atoms with Gasteiger partial charge in [-0.15, -0.1) is 0 Å². The lowest BCUT2D eigenvalue weighted by molar-refractivity contribution is 0.574. The third-order valence-corrected chi connectivity index (χ3v) is 3.14. The molecule has 2 aromatic rings. The highest BCUT2D eigenvalue weighted by atomic mass is 19.1. The summed E-state index contributed by atoms with van der Waals surface area (Å²) < 4.78 is 13.6. The minimum Gasteiger partial charge on any atom is -0.356 e. The highest BCUT2D eigenvalue weighted by molar-refractivity contribution is 5.88. The zero-order valence-corrected chi connectivity index (χ0v) is 9.43. The fourth-order valence-electron chi connectivity index (χ4n) is 2.29. The van der Waals surface area contributed by atoms with Crippen LogP contribution in [0.2, 0.25) is 0 Å².